The van der Waals surface area contributed by atoms with Gasteiger partial charge in [0.05, 0.1) is 6.61 Å². The van der Waals surface area contributed by atoms with Crippen molar-refractivity contribution in [2.75, 3.05) is 32.8 Å². The third-order valence-electron chi connectivity index (χ3n) is 4.67. The maximum absolute atomic E-state index is 5.56. The minimum absolute atomic E-state index is 0. The van der Waals surface area contributed by atoms with Gasteiger partial charge in [0, 0.05) is 32.2 Å². The summed E-state index contributed by atoms with van der Waals surface area (Å²) in [5, 5.41) is 3.46. The normalized spacial score (nSPS) is 20.2. The molecule has 1 aromatic rings. The predicted molar refractivity (Wildman–Crippen MR) is 96.6 cm³/mol. The number of nitrogens with zero attached hydrogens (tertiary/aromatic N) is 1. The van der Waals surface area contributed by atoms with Crippen molar-refractivity contribution in [2.24, 2.45) is 5.92 Å². The van der Waals surface area contributed by atoms with E-state index >= 15 is 0 Å². The lowest BCUT2D eigenvalue weighted by atomic mass is 9.76. The van der Waals surface area contributed by atoms with Crippen molar-refractivity contribution in [3.8, 4) is 5.75 Å². The van der Waals surface area contributed by atoms with Crippen molar-refractivity contribution in [2.45, 2.75) is 32.2 Å². The quantitative estimate of drug-likeness (QED) is 0.880. The zero-order chi connectivity index (χ0) is 13.8. The van der Waals surface area contributed by atoms with Crippen LogP contribution >= 0.6 is 24.8 Å². The van der Waals surface area contributed by atoms with Gasteiger partial charge in [-0.3, -0.25) is 4.90 Å². The summed E-state index contributed by atoms with van der Waals surface area (Å²) in [5.41, 5.74) is 1.47. The molecule has 3 nitrogen and oxygen atoms in total. The molecule has 0 radical (unpaired) electrons. The standard InChI is InChI=1S/C17H26N2O.2ClH/c1-2-20-16-8-6-15(7-9-16)17(14-4-3-5-14)19-12-10-18-11-13-19;;/h6-9,14,17-18H,2-5,10-13H2,1H3;2*1H/t17-;;/m1../s1. The highest BCUT2D eigenvalue weighted by molar-refractivity contribution is 5.85. The number of hydrogen-bond acceptors (Lipinski definition) is 3. The van der Waals surface area contributed by atoms with Gasteiger partial charge in [0.25, 0.3) is 0 Å². The Bertz CT molecular complexity index is 417. The molecule has 0 aromatic heterocycles. The Kier molecular flexibility index (Phi) is 8.55. The fourth-order valence-corrected chi connectivity index (χ4v) is 3.42. The van der Waals surface area contributed by atoms with E-state index < -0.39 is 0 Å². The summed E-state index contributed by atoms with van der Waals surface area (Å²) in [4.78, 5) is 2.68. The van der Waals surface area contributed by atoms with E-state index in [1.54, 1.807) is 0 Å². The number of piperazine rings is 1. The lowest BCUT2D eigenvalue weighted by Crippen LogP contribution is -2.47. The van der Waals surface area contributed by atoms with Crippen LogP contribution in [0, 0.1) is 5.92 Å². The second kappa shape index (κ2) is 9.61. The molecule has 0 amide bonds. The molecular formula is C17H28Cl2N2O. The van der Waals surface area contributed by atoms with Gasteiger partial charge in [-0.25, -0.2) is 0 Å². The van der Waals surface area contributed by atoms with Gasteiger partial charge >= 0.3 is 0 Å². The number of benzene rings is 1. The third-order valence-corrected chi connectivity index (χ3v) is 4.67. The highest BCUT2D eigenvalue weighted by Crippen LogP contribution is 2.41. The van der Waals surface area contributed by atoms with Crippen molar-refractivity contribution >= 4 is 24.8 Å². The van der Waals surface area contributed by atoms with Crippen LogP contribution in [-0.4, -0.2) is 37.7 Å². The van der Waals surface area contributed by atoms with Gasteiger partial charge in [-0.05, 0) is 43.4 Å². The van der Waals surface area contributed by atoms with Crippen LogP contribution in [-0.2, 0) is 0 Å². The van der Waals surface area contributed by atoms with E-state index in [9.17, 15) is 0 Å². The zero-order valence-corrected chi connectivity index (χ0v) is 14.9. The van der Waals surface area contributed by atoms with E-state index in [0.29, 0.717) is 6.04 Å². The van der Waals surface area contributed by atoms with E-state index in [1.807, 2.05) is 6.92 Å². The molecule has 1 atom stereocenters. The monoisotopic (exact) mass is 346 g/mol. The van der Waals surface area contributed by atoms with Gasteiger partial charge in [-0.1, -0.05) is 18.6 Å². The summed E-state index contributed by atoms with van der Waals surface area (Å²) in [6.45, 7) is 7.37. The average molecular weight is 347 g/mol. The lowest BCUT2D eigenvalue weighted by Gasteiger charge is -2.43. The third kappa shape index (κ3) is 4.51. The fraction of sp³-hybridized carbons (Fsp3) is 0.647. The van der Waals surface area contributed by atoms with E-state index in [2.05, 4.69) is 34.5 Å². The summed E-state index contributed by atoms with van der Waals surface area (Å²) in [5.74, 6) is 1.84. The van der Waals surface area contributed by atoms with Crippen LogP contribution < -0.4 is 10.1 Å². The van der Waals surface area contributed by atoms with E-state index in [1.165, 1.54) is 37.9 Å². The highest BCUT2D eigenvalue weighted by Gasteiger charge is 2.33. The summed E-state index contributed by atoms with van der Waals surface area (Å²) < 4.78 is 5.56. The molecule has 5 heteroatoms. The molecule has 0 bridgehead atoms. The molecule has 2 fully saturated rings. The van der Waals surface area contributed by atoms with Crippen LogP contribution in [0.25, 0.3) is 0 Å². The Hall–Kier alpha value is -0.480. The smallest absolute Gasteiger partial charge is 0.119 e. The maximum Gasteiger partial charge on any atom is 0.119 e. The van der Waals surface area contributed by atoms with E-state index in [4.69, 9.17) is 4.74 Å². The van der Waals surface area contributed by atoms with Crippen LogP contribution in [0.5, 0.6) is 5.75 Å². The molecule has 126 valence electrons. The molecule has 1 aliphatic heterocycles. The summed E-state index contributed by atoms with van der Waals surface area (Å²) in [6.07, 6.45) is 4.19. The van der Waals surface area contributed by atoms with Crippen molar-refractivity contribution in [1.82, 2.24) is 10.2 Å². The first-order valence-electron chi connectivity index (χ1n) is 8.06. The SMILES string of the molecule is CCOc1ccc([C@@H](C2CCC2)N2CCNCC2)cc1.Cl.Cl. The van der Waals surface area contributed by atoms with Crippen molar-refractivity contribution in [3.63, 3.8) is 0 Å². The average Bonchev–Trinajstić information content (AvgIpc) is 2.45. The molecule has 22 heavy (non-hydrogen) atoms. The number of halogens is 2. The van der Waals surface area contributed by atoms with Crippen molar-refractivity contribution in [1.29, 1.82) is 0 Å². The van der Waals surface area contributed by atoms with Gasteiger partial charge in [-0.15, -0.1) is 24.8 Å². The lowest BCUT2D eigenvalue weighted by molar-refractivity contribution is 0.0837. The molecule has 1 aromatic carbocycles. The molecule has 0 unspecified atom stereocenters. The van der Waals surface area contributed by atoms with Crippen LogP contribution in [0.3, 0.4) is 0 Å². The first-order valence-corrected chi connectivity index (χ1v) is 8.06. The molecule has 1 saturated heterocycles. The van der Waals surface area contributed by atoms with Crippen LogP contribution in [0.1, 0.15) is 37.8 Å². The molecule has 0 spiro atoms. The van der Waals surface area contributed by atoms with Gasteiger partial charge in [-0.2, -0.15) is 0 Å². The Labute approximate surface area is 146 Å². The Morgan fingerprint density at radius 1 is 1.14 bits per heavy atom. The minimum atomic E-state index is 0. The molecule has 1 saturated carbocycles. The largest absolute Gasteiger partial charge is 0.494 e. The Morgan fingerprint density at radius 3 is 2.27 bits per heavy atom. The number of ether oxygens (including phenoxy) is 1. The van der Waals surface area contributed by atoms with Crippen molar-refractivity contribution in [3.05, 3.63) is 29.8 Å². The molecule has 2 aliphatic rings. The van der Waals surface area contributed by atoms with E-state index in [-0.39, 0.29) is 24.8 Å². The second-order valence-corrected chi connectivity index (χ2v) is 5.92. The van der Waals surface area contributed by atoms with Crippen LogP contribution in [0.4, 0.5) is 0 Å². The fourth-order valence-electron chi connectivity index (χ4n) is 3.42. The highest BCUT2D eigenvalue weighted by atomic mass is 35.5. The molecule has 1 heterocycles. The Morgan fingerprint density at radius 2 is 1.77 bits per heavy atom. The Balaban J connectivity index is 0.00000121. The summed E-state index contributed by atoms with van der Waals surface area (Å²) in [7, 11) is 0. The molecule has 1 N–H and O–H groups in total. The number of nitrogens with one attached hydrogen (secondary N) is 1. The first kappa shape index (κ1) is 19.6. The van der Waals surface area contributed by atoms with Crippen molar-refractivity contribution < 1.29 is 4.74 Å². The zero-order valence-electron chi connectivity index (χ0n) is 13.3. The van der Waals surface area contributed by atoms with Crippen LogP contribution in [0.15, 0.2) is 24.3 Å². The first-order chi connectivity index (χ1) is 9.88. The summed E-state index contributed by atoms with van der Waals surface area (Å²) in [6, 6.07) is 9.42. The molecule has 1 aliphatic carbocycles. The van der Waals surface area contributed by atoms with E-state index in [0.717, 1.165) is 31.4 Å². The van der Waals surface area contributed by atoms with Crippen LogP contribution in [0.2, 0.25) is 0 Å². The molecule has 3 rings (SSSR count). The van der Waals surface area contributed by atoms with Gasteiger partial charge < -0.3 is 10.1 Å². The summed E-state index contributed by atoms with van der Waals surface area (Å²) >= 11 is 0. The topological polar surface area (TPSA) is 24.5 Å². The van der Waals surface area contributed by atoms with Gasteiger partial charge in [0.2, 0.25) is 0 Å². The predicted octanol–water partition coefficient (Wildman–Crippen LogP) is 3.68. The van der Waals surface area contributed by atoms with Gasteiger partial charge in [0.15, 0.2) is 0 Å². The maximum atomic E-state index is 5.56. The molecular weight excluding hydrogens is 319 g/mol. The second-order valence-electron chi connectivity index (χ2n) is 5.92. The number of hydrogen-bond donors (Lipinski definition) is 1. The van der Waals surface area contributed by atoms with Gasteiger partial charge in [0.1, 0.15) is 5.75 Å². The number of rotatable bonds is 5. The minimum Gasteiger partial charge on any atom is -0.494 e.